The predicted molar refractivity (Wildman–Crippen MR) is 71.2 cm³/mol. The first-order valence-electron chi connectivity index (χ1n) is 6.01. The first-order valence-corrected chi connectivity index (χ1v) is 7.59. The average Bonchev–Trinajstić information content (AvgIpc) is 2.22. The van der Waals surface area contributed by atoms with E-state index in [4.69, 9.17) is 4.74 Å². The molecule has 2 aliphatic rings. The van der Waals surface area contributed by atoms with Crippen LogP contribution in [0.5, 0.6) is 0 Å². The van der Waals surface area contributed by atoms with Crippen molar-refractivity contribution in [3.05, 3.63) is 0 Å². The molecule has 2 saturated carbocycles. The van der Waals surface area contributed by atoms with Gasteiger partial charge >= 0.3 is 5.97 Å². The van der Waals surface area contributed by atoms with Gasteiger partial charge in [0.05, 0.1) is 13.0 Å². The molecule has 17 heavy (non-hydrogen) atoms. The fourth-order valence-corrected chi connectivity index (χ4v) is 4.28. The Kier molecular flexibility index (Phi) is 3.70. The lowest BCUT2D eigenvalue weighted by Gasteiger charge is -2.54. The lowest BCUT2D eigenvalue weighted by molar-refractivity contribution is -0.160. The number of Topliss-reactive ketones (excluding diaryl/α,β-unsaturated/α-hetero) is 1. The molecule has 0 heterocycles. The first-order chi connectivity index (χ1) is 7.92. The van der Waals surface area contributed by atoms with E-state index in [9.17, 15) is 9.59 Å². The minimum Gasteiger partial charge on any atom is -0.466 e. The molecule has 0 aliphatic heterocycles. The predicted octanol–water partition coefficient (Wildman–Crippen LogP) is 3.19. The smallest absolute Gasteiger partial charge is 0.306 e. The minimum absolute atomic E-state index is 0.126. The van der Waals surface area contributed by atoms with Crippen LogP contribution >= 0.6 is 31.9 Å². The topological polar surface area (TPSA) is 43.4 Å². The van der Waals surface area contributed by atoms with Gasteiger partial charge in [-0.25, -0.2) is 0 Å². The Labute approximate surface area is 118 Å². The highest BCUT2D eigenvalue weighted by Crippen LogP contribution is 2.60. The SMILES string of the molecule is CCOC(=O)CC12CCC1CCC(Br)(Br)C2=O. The number of ether oxygens (including phenoxy) is 1. The van der Waals surface area contributed by atoms with Crippen LogP contribution < -0.4 is 0 Å². The third-order valence-electron chi connectivity index (χ3n) is 4.08. The van der Waals surface area contributed by atoms with Crippen molar-refractivity contribution >= 4 is 43.6 Å². The summed E-state index contributed by atoms with van der Waals surface area (Å²) in [6.07, 6.45) is 3.89. The van der Waals surface area contributed by atoms with E-state index in [1.807, 2.05) is 0 Å². The third kappa shape index (κ3) is 2.21. The molecule has 2 fully saturated rings. The zero-order valence-corrected chi connectivity index (χ0v) is 13.0. The second kappa shape index (κ2) is 4.65. The summed E-state index contributed by atoms with van der Waals surface area (Å²) in [7, 11) is 0. The zero-order valence-electron chi connectivity index (χ0n) is 9.80. The molecule has 0 bridgehead atoms. The van der Waals surface area contributed by atoms with Gasteiger partial charge in [0.2, 0.25) is 0 Å². The van der Waals surface area contributed by atoms with Gasteiger partial charge in [-0.3, -0.25) is 9.59 Å². The molecular weight excluding hydrogens is 352 g/mol. The average molecular weight is 368 g/mol. The van der Waals surface area contributed by atoms with Crippen molar-refractivity contribution in [1.82, 2.24) is 0 Å². The Morgan fingerprint density at radius 2 is 2.06 bits per heavy atom. The quantitative estimate of drug-likeness (QED) is 0.568. The molecule has 0 aromatic carbocycles. The van der Waals surface area contributed by atoms with Crippen molar-refractivity contribution < 1.29 is 14.3 Å². The van der Waals surface area contributed by atoms with E-state index in [0.717, 1.165) is 25.7 Å². The molecule has 0 radical (unpaired) electrons. The summed E-state index contributed by atoms with van der Waals surface area (Å²) in [5.74, 6) is 0.242. The fraction of sp³-hybridized carbons (Fsp3) is 0.833. The van der Waals surface area contributed by atoms with Crippen LogP contribution in [0.25, 0.3) is 0 Å². The molecule has 0 saturated heterocycles. The molecule has 2 unspecified atom stereocenters. The lowest BCUT2D eigenvalue weighted by atomic mass is 9.52. The van der Waals surface area contributed by atoms with Crippen LogP contribution in [-0.4, -0.2) is 21.6 Å². The number of esters is 1. The van der Waals surface area contributed by atoms with Gasteiger partial charge in [0.15, 0.2) is 5.78 Å². The number of alkyl halides is 2. The molecule has 5 heteroatoms. The van der Waals surface area contributed by atoms with Gasteiger partial charge in [-0.2, -0.15) is 0 Å². The van der Waals surface area contributed by atoms with E-state index in [1.54, 1.807) is 6.92 Å². The van der Waals surface area contributed by atoms with Crippen molar-refractivity contribution in [3.63, 3.8) is 0 Å². The van der Waals surface area contributed by atoms with Gasteiger partial charge in [-0.1, -0.05) is 31.9 Å². The standard InChI is InChI=1S/C12H16Br2O3/c1-2-17-9(15)7-11-5-3-8(11)4-6-12(13,14)10(11)16/h8H,2-7H2,1H3. The maximum Gasteiger partial charge on any atom is 0.306 e. The highest BCUT2D eigenvalue weighted by atomic mass is 79.9. The summed E-state index contributed by atoms with van der Waals surface area (Å²) in [6, 6.07) is 0. The van der Waals surface area contributed by atoms with Crippen molar-refractivity contribution in [1.29, 1.82) is 0 Å². The number of carbonyl (C=O) groups excluding carboxylic acids is 2. The van der Waals surface area contributed by atoms with E-state index >= 15 is 0 Å². The van der Waals surface area contributed by atoms with Crippen LogP contribution in [0.2, 0.25) is 0 Å². The van der Waals surface area contributed by atoms with E-state index in [-0.39, 0.29) is 18.2 Å². The highest BCUT2D eigenvalue weighted by molar-refractivity contribution is 9.25. The lowest BCUT2D eigenvalue weighted by Crippen LogP contribution is -2.57. The van der Waals surface area contributed by atoms with Crippen LogP contribution in [0.1, 0.15) is 39.0 Å². The summed E-state index contributed by atoms with van der Waals surface area (Å²) >= 11 is 6.88. The number of carbonyl (C=O) groups is 2. The van der Waals surface area contributed by atoms with Crippen LogP contribution in [0, 0.1) is 11.3 Å². The Balaban J connectivity index is 2.16. The van der Waals surface area contributed by atoms with Crippen molar-refractivity contribution in [2.24, 2.45) is 11.3 Å². The molecule has 3 nitrogen and oxygen atoms in total. The molecular formula is C12H16Br2O3. The van der Waals surface area contributed by atoms with E-state index in [1.165, 1.54) is 0 Å². The maximum absolute atomic E-state index is 12.5. The van der Waals surface area contributed by atoms with Crippen molar-refractivity contribution in [2.45, 2.75) is 42.3 Å². The normalized spacial score (nSPS) is 34.8. The van der Waals surface area contributed by atoms with E-state index < -0.39 is 8.65 Å². The van der Waals surface area contributed by atoms with Gasteiger partial charge in [0.1, 0.15) is 3.23 Å². The molecule has 0 aromatic heterocycles. The number of ketones is 1. The van der Waals surface area contributed by atoms with Crippen LogP contribution in [0.3, 0.4) is 0 Å². The molecule has 96 valence electrons. The molecule has 2 aliphatic carbocycles. The van der Waals surface area contributed by atoms with Gasteiger partial charge in [0.25, 0.3) is 0 Å². The van der Waals surface area contributed by atoms with Gasteiger partial charge in [-0.05, 0) is 38.5 Å². The van der Waals surface area contributed by atoms with Crippen molar-refractivity contribution in [3.8, 4) is 0 Å². The molecule has 0 aromatic rings. The summed E-state index contributed by atoms with van der Waals surface area (Å²) in [4.78, 5) is 24.1. The Morgan fingerprint density at radius 1 is 1.41 bits per heavy atom. The summed E-state index contributed by atoms with van der Waals surface area (Å²) in [5.41, 5.74) is -0.475. The summed E-state index contributed by atoms with van der Waals surface area (Å²) in [5, 5.41) is 0. The van der Waals surface area contributed by atoms with Gasteiger partial charge in [0, 0.05) is 5.41 Å². The fourth-order valence-electron chi connectivity index (χ4n) is 3.03. The maximum atomic E-state index is 12.5. The van der Waals surface area contributed by atoms with Crippen molar-refractivity contribution in [2.75, 3.05) is 6.61 Å². The third-order valence-corrected chi connectivity index (χ3v) is 5.59. The summed E-state index contributed by atoms with van der Waals surface area (Å²) in [6.45, 7) is 2.16. The monoisotopic (exact) mass is 366 g/mol. The molecule has 0 spiro atoms. The molecule has 2 atom stereocenters. The van der Waals surface area contributed by atoms with E-state index in [2.05, 4.69) is 31.9 Å². The number of hydrogen-bond donors (Lipinski definition) is 0. The van der Waals surface area contributed by atoms with Crippen LogP contribution in [-0.2, 0) is 14.3 Å². The summed E-state index contributed by atoms with van der Waals surface area (Å²) < 4.78 is 4.35. The number of hydrogen-bond acceptors (Lipinski definition) is 3. The molecule has 0 amide bonds. The Hall–Kier alpha value is 0.1000. The number of rotatable bonds is 3. The second-order valence-electron chi connectivity index (χ2n) is 4.95. The Morgan fingerprint density at radius 3 is 2.59 bits per heavy atom. The molecule has 2 rings (SSSR count). The number of halogens is 2. The van der Waals surface area contributed by atoms with Gasteiger partial charge < -0.3 is 4.74 Å². The largest absolute Gasteiger partial charge is 0.466 e. The van der Waals surface area contributed by atoms with E-state index in [0.29, 0.717) is 12.5 Å². The minimum atomic E-state index is -0.636. The Bertz CT molecular complexity index is 354. The highest BCUT2D eigenvalue weighted by Gasteiger charge is 2.61. The molecule has 0 N–H and O–H groups in total. The van der Waals surface area contributed by atoms with Gasteiger partial charge in [-0.15, -0.1) is 0 Å². The van der Waals surface area contributed by atoms with Crippen LogP contribution in [0.15, 0.2) is 0 Å². The first kappa shape index (κ1) is 13.5. The second-order valence-corrected chi connectivity index (χ2v) is 8.72. The number of fused-ring (bicyclic) bond motifs is 1. The van der Waals surface area contributed by atoms with Crippen LogP contribution in [0.4, 0.5) is 0 Å². The zero-order chi connectivity index (χ0) is 12.7.